The third-order valence-electron chi connectivity index (χ3n) is 2.63. The van der Waals surface area contributed by atoms with Crippen LogP contribution in [-0.4, -0.2) is 29.6 Å². The van der Waals surface area contributed by atoms with Crippen molar-refractivity contribution >= 4 is 34.2 Å². The van der Waals surface area contributed by atoms with E-state index in [0.29, 0.717) is 11.7 Å². The smallest absolute Gasteiger partial charge is 0.249 e. The molecule has 114 valence electrons. The molecule has 0 radical (unpaired) electrons. The molecule has 2 rings (SSSR count). The van der Waals surface area contributed by atoms with Crippen LogP contribution in [0.3, 0.4) is 0 Å². The molecule has 2 aromatic rings. The zero-order valence-electron chi connectivity index (χ0n) is 11.6. The van der Waals surface area contributed by atoms with Crippen LogP contribution in [0.5, 0.6) is 0 Å². The monoisotopic (exact) mass is 374 g/mol. The largest absolute Gasteiger partial charge is 0.343 e. The van der Waals surface area contributed by atoms with Crippen LogP contribution in [-0.2, 0) is 4.79 Å². The SMILES string of the molecule is CNCC(=O)NC(C)c1nc(-c2ccc(Br)cc2)no1.Cl. The lowest BCUT2D eigenvalue weighted by atomic mass is 10.2. The second-order valence-electron chi connectivity index (χ2n) is 4.28. The Morgan fingerprint density at radius 2 is 2.05 bits per heavy atom. The van der Waals surface area contributed by atoms with Crippen molar-refractivity contribution in [1.29, 1.82) is 0 Å². The lowest BCUT2D eigenvalue weighted by molar-refractivity contribution is -0.120. The van der Waals surface area contributed by atoms with Crippen molar-refractivity contribution in [2.75, 3.05) is 13.6 Å². The van der Waals surface area contributed by atoms with E-state index in [0.717, 1.165) is 10.0 Å². The molecule has 1 unspecified atom stereocenters. The number of nitrogens with zero attached hydrogens (tertiary/aromatic N) is 2. The van der Waals surface area contributed by atoms with Gasteiger partial charge in [0.25, 0.3) is 0 Å². The van der Waals surface area contributed by atoms with Crippen LogP contribution in [0, 0.1) is 0 Å². The van der Waals surface area contributed by atoms with Gasteiger partial charge in [0.1, 0.15) is 6.04 Å². The van der Waals surface area contributed by atoms with Crippen LogP contribution in [0.15, 0.2) is 33.3 Å². The number of benzene rings is 1. The standard InChI is InChI=1S/C13H15BrN4O2.ClH/c1-8(16-11(19)7-15-2)13-17-12(18-20-13)9-3-5-10(14)6-4-9;/h3-6,8,15H,7H2,1-2H3,(H,16,19);1H. The van der Waals surface area contributed by atoms with E-state index in [9.17, 15) is 4.79 Å². The third-order valence-corrected chi connectivity index (χ3v) is 3.16. The molecule has 0 saturated heterocycles. The Kier molecular flexibility index (Phi) is 6.80. The van der Waals surface area contributed by atoms with Crippen molar-refractivity contribution in [3.8, 4) is 11.4 Å². The number of rotatable bonds is 5. The second kappa shape index (κ2) is 8.11. The fourth-order valence-corrected chi connectivity index (χ4v) is 1.91. The molecule has 8 heteroatoms. The summed E-state index contributed by atoms with van der Waals surface area (Å²) in [4.78, 5) is 15.8. The van der Waals surface area contributed by atoms with Gasteiger partial charge in [-0.2, -0.15) is 4.98 Å². The number of hydrogen-bond donors (Lipinski definition) is 2. The fraction of sp³-hybridized carbons (Fsp3) is 0.308. The summed E-state index contributed by atoms with van der Waals surface area (Å²) in [7, 11) is 1.71. The van der Waals surface area contributed by atoms with Crippen molar-refractivity contribution in [1.82, 2.24) is 20.8 Å². The lowest BCUT2D eigenvalue weighted by Crippen LogP contribution is -2.34. The molecule has 0 aliphatic rings. The summed E-state index contributed by atoms with van der Waals surface area (Å²) in [5, 5.41) is 9.47. The summed E-state index contributed by atoms with van der Waals surface area (Å²) < 4.78 is 6.17. The zero-order valence-corrected chi connectivity index (χ0v) is 14.0. The minimum Gasteiger partial charge on any atom is -0.343 e. The number of halogens is 2. The predicted octanol–water partition coefficient (Wildman–Crippen LogP) is 2.32. The molecule has 0 aliphatic heterocycles. The Hall–Kier alpha value is -1.44. The summed E-state index contributed by atoms with van der Waals surface area (Å²) in [6.45, 7) is 2.05. The fourth-order valence-electron chi connectivity index (χ4n) is 1.64. The van der Waals surface area contributed by atoms with E-state index >= 15 is 0 Å². The highest BCUT2D eigenvalue weighted by atomic mass is 79.9. The minimum atomic E-state index is -0.326. The van der Waals surface area contributed by atoms with Crippen LogP contribution in [0.4, 0.5) is 0 Å². The van der Waals surface area contributed by atoms with Gasteiger partial charge in [-0.1, -0.05) is 21.1 Å². The van der Waals surface area contributed by atoms with Gasteiger partial charge in [-0.05, 0) is 38.2 Å². The molecular weight excluding hydrogens is 360 g/mol. The van der Waals surface area contributed by atoms with Crippen molar-refractivity contribution < 1.29 is 9.32 Å². The summed E-state index contributed by atoms with van der Waals surface area (Å²) in [6.07, 6.45) is 0. The molecule has 1 heterocycles. The third kappa shape index (κ3) is 4.80. The second-order valence-corrected chi connectivity index (χ2v) is 5.20. The molecule has 1 aromatic heterocycles. The Morgan fingerprint density at radius 3 is 2.67 bits per heavy atom. The van der Waals surface area contributed by atoms with Gasteiger partial charge in [0.2, 0.25) is 17.6 Å². The predicted molar refractivity (Wildman–Crippen MR) is 85.2 cm³/mol. The molecule has 2 N–H and O–H groups in total. The van der Waals surface area contributed by atoms with E-state index in [2.05, 4.69) is 36.7 Å². The van der Waals surface area contributed by atoms with Crippen molar-refractivity contribution in [2.24, 2.45) is 0 Å². The molecule has 1 atom stereocenters. The first-order valence-corrected chi connectivity index (χ1v) is 6.93. The van der Waals surface area contributed by atoms with E-state index in [1.54, 1.807) is 14.0 Å². The average Bonchev–Trinajstić information content (AvgIpc) is 2.89. The molecule has 1 aromatic carbocycles. The number of amides is 1. The summed E-state index contributed by atoms with van der Waals surface area (Å²) in [6, 6.07) is 7.27. The quantitative estimate of drug-likeness (QED) is 0.838. The van der Waals surface area contributed by atoms with Gasteiger partial charge in [-0.25, -0.2) is 0 Å². The molecule has 0 spiro atoms. The van der Waals surface area contributed by atoms with E-state index in [1.165, 1.54) is 0 Å². The summed E-state index contributed by atoms with van der Waals surface area (Å²) >= 11 is 3.37. The van der Waals surface area contributed by atoms with Gasteiger partial charge in [0, 0.05) is 10.0 Å². The molecule has 0 bridgehead atoms. The maximum atomic E-state index is 11.5. The number of carbonyl (C=O) groups is 1. The first-order chi connectivity index (χ1) is 9.60. The van der Waals surface area contributed by atoms with Gasteiger partial charge in [0.15, 0.2) is 0 Å². The molecule has 6 nitrogen and oxygen atoms in total. The van der Waals surface area contributed by atoms with E-state index in [-0.39, 0.29) is 30.9 Å². The number of likely N-dealkylation sites (N-methyl/N-ethyl adjacent to an activating group) is 1. The highest BCUT2D eigenvalue weighted by Gasteiger charge is 2.16. The van der Waals surface area contributed by atoms with Crippen LogP contribution in [0.1, 0.15) is 18.9 Å². The number of hydrogen-bond acceptors (Lipinski definition) is 5. The maximum absolute atomic E-state index is 11.5. The molecular formula is C13H16BrClN4O2. The molecule has 1 amide bonds. The summed E-state index contributed by atoms with van der Waals surface area (Å²) in [5.74, 6) is 0.762. The zero-order chi connectivity index (χ0) is 14.5. The minimum absolute atomic E-state index is 0. The highest BCUT2D eigenvalue weighted by Crippen LogP contribution is 2.20. The lowest BCUT2D eigenvalue weighted by Gasteiger charge is -2.08. The Bertz CT molecular complexity index is 588. The summed E-state index contributed by atoms with van der Waals surface area (Å²) in [5.41, 5.74) is 0.858. The number of nitrogens with one attached hydrogen (secondary N) is 2. The topological polar surface area (TPSA) is 80.0 Å². The Labute approximate surface area is 137 Å². The van der Waals surface area contributed by atoms with Gasteiger partial charge in [-0.15, -0.1) is 12.4 Å². The van der Waals surface area contributed by atoms with E-state index in [1.807, 2.05) is 24.3 Å². The van der Waals surface area contributed by atoms with Crippen LogP contribution >= 0.6 is 28.3 Å². The van der Waals surface area contributed by atoms with Gasteiger partial charge >= 0.3 is 0 Å². The Morgan fingerprint density at radius 1 is 1.38 bits per heavy atom. The van der Waals surface area contributed by atoms with Crippen LogP contribution in [0.2, 0.25) is 0 Å². The van der Waals surface area contributed by atoms with Crippen molar-refractivity contribution in [3.05, 3.63) is 34.6 Å². The first-order valence-electron chi connectivity index (χ1n) is 6.13. The van der Waals surface area contributed by atoms with Crippen molar-refractivity contribution in [3.63, 3.8) is 0 Å². The first kappa shape index (κ1) is 17.6. The normalized spacial score (nSPS) is 11.6. The molecule has 21 heavy (non-hydrogen) atoms. The molecule has 0 aliphatic carbocycles. The van der Waals surface area contributed by atoms with Gasteiger partial charge in [0.05, 0.1) is 6.54 Å². The highest BCUT2D eigenvalue weighted by molar-refractivity contribution is 9.10. The number of carbonyl (C=O) groups excluding carboxylic acids is 1. The number of aromatic nitrogens is 2. The van der Waals surface area contributed by atoms with Gasteiger partial charge < -0.3 is 15.2 Å². The Balaban J connectivity index is 0.00000220. The maximum Gasteiger partial charge on any atom is 0.249 e. The van der Waals surface area contributed by atoms with E-state index in [4.69, 9.17) is 4.52 Å². The molecule has 0 saturated carbocycles. The van der Waals surface area contributed by atoms with E-state index < -0.39 is 0 Å². The average molecular weight is 376 g/mol. The van der Waals surface area contributed by atoms with Crippen LogP contribution in [0.25, 0.3) is 11.4 Å². The van der Waals surface area contributed by atoms with Crippen molar-refractivity contribution in [2.45, 2.75) is 13.0 Å². The van der Waals surface area contributed by atoms with Gasteiger partial charge in [-0.3, -0.25) is 4.79 Å². The van der Waals surface area contributed by atoms with Crippen LogP contribution < -0.4 is 10.6 Å². The molecule has 0 fully saturated rings.